The standard InChI is InChI=1S/C15H21BF2O3/c1-9(2)19-10-7-11(13(18)12(17)8-10)16-20-14(3,4)15(5,6)21-16/h7-9H,1-6H3. The smallest absolute Gasteiger partial charge is 0.491 e. The fraction of sp³-hybridized carbons (Fsp3) is 0.600. The summed E-state index contributed by atoms with van der Waals surface area (Å²) in [6.45, 7) is 11.1. The second kappa shape index (κ2) is 5.25. The Bertz CT molecular complexity index is 528. The van der Waals surface area contributed by atoms with Gasteiger partial charge in [0, 0.05) is 11.5 Å². The summed E-state index contributed by atoms with van der Waals surface area (Å²) < 4.78 is 44.8. The van der Waals surface area contributed by atoms with Gasteiger partial charge in [0.15, 0.2) is 11.6 Å². The van der Waals surface area contributed by atoms with Gasteiger partial charge in [-0.05, 0) is 47.6 Å². The highest BCUT2D eigenvalue weighted by atomic mass is 19.2. The highest BCUT2D eigenvalue weighted by molar-refractivity contribution is 6.62. The molecule has 0 aromatic heterocycles. The van der Waals surface area contributed by atoms with Gasteiger partial charge in [0.2, 0.25) is 0 Å². The zero-order valence-electron chi connectivity index (χ0n) is 13.3. The molecule has 6 heteroatoms. The van der Waals surface area contributed by atoms with Crippen molar-refractivity contribution >= 4 is 12.6 Å². The minimum absolute atomic E-state index is 0.0179. The van der Waals surface area contributed by atoms with E-state index >= 15 is 0 Å². The van der Waals surface area contributed by atoms with Crippen LogP contribution in [0.2, 0.25) is 0 Å². The molecule has 0 unspecified atom stereocenters. The van der Waals surface area contributed by atoms with Crippen LogP contribution < -0.4 is 10.2 Å². The fourth-order valence-electron chi connectivity index (χ4n) is 2.07. The molecule has 116 valence electrons. The normalized spacial score (nSPS) is 20.1. The van der Waals surface area contributed by atoms with Gasteiger partial charge in [-0.25, -0.2) is 8.78 Å². The van der Waals surface area contributed by atoms with Crippen molar-refractivity contribution in [2.45, 2.75) is 58.8 Å². The van der Waals surface area contributed by atoms with E-state index in [-0.39, 0.29) is 17.3 Å². The third-order valence-corrected chi connectivity index (χ3v) is 3.91. The molecule has 0 bridgehead atoms. The molecule has 0 saturated carbocycles. The first-order valence-corrected chi connectivity index (χ1v) is 7.05. The summed E-state index contributed by atoms with van der Waals surface area (Å²) in [7, 11) is -0.958. The molecule has 0 amide bonds. The summed E-state index contributed by atoms with van der Waals surface area (Å²) in [4.78, 5) is 0. The van der Waals surface area contributed by atoms with Gasteiger partial charge in [-0.15, -0.1) is 0 Å². The van der Waals surface area contributed by atoms with E-state index in [2.05, 4.69) is 0 Å². The van der Waals surface area contributed by atoms with Gasteiger partial charge >= 0.3 is 7.12 Å². The molecule has 3 nitrogen and oxygen atoms in total. The zero-order valence-corrected chi connectivity index (χ0v) is 13.3. The highest BCUT2D eigenvalue weighted by Gasteiger charge is 2.52. The Morgan fingerprint density at radius 3 is 2.05 bits per heavy atom. The summed E-state index contributed by atoms with van der Waals surface area (Å²) in [6, 6.07) is 2.46. The van der Waals surface area contributed by atoms with Gasteiger partial charge in [0.05, 0.1) is 17.3 Å². The lowest BCUT2D eigenvalue weighted by atomic mass is 9.78. The van der Waals surface area contributed by atoms with Crippen LogP contribution >= 0.6 is 0 Å². The summed E-state index contributed by atoms with van der Waals surface area (Å²) in [5, 5.41) is 0. The molecule has 0 N–H and O–H groups in total. The van der Waals surface area contributed by atoms with Crippen molar-refractivity contribution in [1.29, 1.82) is 0 Å². The van der Waals surface area contributed by atoms with Crippen LogP contribution in [-0.2, 0) is 9.31 Å². The molecule has 1 fully saturated rings. The van der Waals surface area contributed by atoms with E-state index in [1.165, 1.54) is 6.07 Å². The largest absolute Gasteiger partial charge is 0.498 e. The SMILES string of the molecule is CC(C)Oc1cc(F)c(F)c(B2OC(C)(C)C(C)(C)O2)c1. The number of rotatable bonds is 3. The van der Waals surface area contributed by atoms with Crippen LogP contribution in [0.3, 0.4) is 0 Å². The average molecular weight is 298 g/mol. The summed E-state index contributed by atoms with van der Waals surface area (Å²) >= 11 is 0. The number of hydrogen-bond donors (Lipinski definition) is 0. The number of benzene rings is 1. The Morgan fingerprint density at radius 1 is 1.05 bits per heavy atom. The molecule has 1 aliphatic heterocycles. The van der Waals surface area contributed by atoms with E-state index in [4.69, 9.17) is 14.0 Å². The van der Waals surface area contributed by atoms with Crippen LogP contribution in [0, 0.1) is 11.6 Å². The fourth-order valence-corrected chi connectivity index (χ4v) is 2.07. The predicted octanol–water partition coefficient (Wildman–Crippen LogP) is 3.05. The summed E-state index contributed by atoms with van der Waals surface area (Å²) in [5.41, 5.74) is -1.21. The lowest BCUT2D eigenvalue weighted by Gasteiger charge is -2.32. The van der Waals surface area contributed by atoms with Gasteiger partial charge in [-0.2, -0.15) is 0 Å². The molecule has 1 aromatic carbocycles. The summed E-state index contributed by atoms with van der Waals surface area (Å²) in [5.74, 6) is -1.68. The Balaban J connectivity index is 2.38. The van der Waals surface area contributed by atoms with Crippen molar-refractivity contribution < 1.29 is 22.8 Å². The van der Waals surface area contributed by atoms with Gasteiger partial charge in [-0.1, -0.05) is 0 Å². The molecule has 21 heavy (non-hydrogen) atoms. The Morgan fingerprint density at radius 2 is 1.57 bits per heavy atom. The first kappa shape index (κ1) is 16.2. The lowest BCUT2D eigenvalue weighted by Crippen LogP contribution is -2.41. The van der Waals surface area contributed by atoms with E-state index in [1.807, 2.05) is 41.5 Å². The number of ether oxygens (including phenoxy) is 1. The van der Waals surface area contributed by atoms with Gasteiger partial charge in [0.1, 0.15) is 5.75 Å². The maximum Gasteiger partial charge on any atom is 0.498 e. The molecule has 1 aliphatic rings. The van der Waals surface area contributed by atoms with Crippen molar-refractivity contribution in [2.24, 2.45) is 0 Å². The third-order valence-electron chi connectivity index (χ3n) is 3.91. The Labute approximate surface area is 124 Å². The molecule has 0 aliphatic carbocycles. The maximum atomic E-state index is 14.1. The van der Waals surface area contributed by atoms with E-state index < -0.39 is 30.0 Å². The first-order valence-electron chi connectivity index (χ1n) is 7.05. The zero-order chi connectivity index (χ0) is 16.0. The van der Waals surface area contributed by atoms with Crippen LogP contribution in [-0.4, -0.2) is 24.4 Å². The van der Waals surface area contributed by atoms with Gasteiger partial charge in [0.25, 0.3) is 0 Å². The molecule has 1 saturated heterocycles. The number of hydrogen-bond acceptors (Lipinski definition) is 3. The second-order valence-electron chi connectivity index (χ2n) is 6.56. The van der Waals surface area contributed by atoms with Crippen LogP contribution in [0.1, 0.15) is 41.5 Å². The monoisotopic (exact) mass is 298 g/mol. The third kappa shape index (κ3) is 3.06. The van der Waals surface area contributed by atoms with Crippen molar-refractivity contribution in [3.05, 3.63) is 23.8 Å². The number of halogens is 2. The van der Waals surface area contributed by atoms with Crippen molar-refractivity contribution in [3.8, 4) is 5.75 Å². The molecule has 1 heterocycles. The van der Waals surface area contributed by atoms with Crippen LogP contribution in [0.15, 0.2) is 12.1 Å². The van der Waals surface area contributed by atoms with Crippen molar-refractivity contribution in [2.75, 3.05) is 0 Å². The van der Waals surface area contributed by atoms with E-state index in [0.29, 0.717) is 0 Å². The van der Waals surface area contributed by atoms with E-state index in [1.54, 1.807) is 0 Å². The summed E-state index contributed by atoms with van der Waals surface area (Å²) in [6.07, 6.45) is -0.138. The molecule has 2 rings (SSSR count). The molecule has 0 spiro atoms. The molecule has 0 atom stereocenters. The molecule has 1 aromatic rings. The minimum atomic E-state index is -0.974. The minimum Gasteiger partial charge on any atom is -0.491 e. The van der Waals surface area contributed by atoms with Crippen LogP contribution in [0.4, 0.5) is 8.78 Å². The lowest BCUT2D eigenvalue weighted by molar-refractivity contribution is 0.00578. The molecular weight excluding hydrogens is 277 g/mol. The molecular formula is C15H21BF2O3. The van der Waals surface area contributed by atoms with E-state index in [9.17, 15) is 8.78 Å². The molecule has 0 radical (unpaired) electrons. The Hall–Kier alpha value is -1.14. The van der Waals surface area contributed by atoms with Crippen LogP contribution in [0.5, 0.6) is 5.75 Å². The van der Waals surface area contributed by atoms with E-state index in [0.717, 1.165) is 6.07 Å². The quantitative estimate of drug-likeness (QED) is 0.803. The van der Waals surface area contributed by atoms with Crippen molar-refractivity contribution in [3.63, 3.8) is 0 Å². The maximum absolute atomic E-state index is 14.1. The van der Waals surface area contributed by atoms with Gasteiger partial charge in [-0.3, -0.25) is 0 Å². The second-order valence-corrected chi connectivity index (χ2v) is 6.56. The topological polar surface area (TPSA) is 27.7 Å². The Kier molecular flexibility index (Phi) is 4.06. The van der Waals surface area contributed by atoms with Gasteiger partial charge < -0.3 is 14.0 Å². The van der Waals surface area contributed by atoms with Crippen LogP contribution in [0.25, 0.3) is 0 Å². The first-order chi connectivity index (χ1) is 9.53. The van der Waals surface area contributed by atoms with Crippen molar-refractivity contribution in [1.82, 2.24) is 0 Å². The highest BCUT2D eigenvalue weighted by Crippen LogP contribution is 2.37. The predicted molar refractivity (Wildman–Crippen MR) is 77.8 cm³/mol. The average Bonchev–Trinajstić information content (AvgIpc) is 2.52.